The molecular formula is C33H38N4O5S. The van der Waals surface area contributed by atoms with Crippen LogP contribution in [0, 0.1) is 5.92 Å². The lowest BCUT2D eigenvalue weighted by Gasteiger charge is -2.20. The Morgan fingerprint density at radius 3 is 2.21 bits per heavy atom. The van der Waals surface area contributed by atoms with Crippen molar-refractivity contribution in [3.63, 3.8) is 0 Å². The largest absolute Gasteiger partial charge is 0.480 e. The van der Waals surface area contributed by atoms with Gasteiger partial charge < -0.3 is 15.7 Å². The molecule has 0 bridgehead atoms. The van der Waals surface area contributed by atoms with Crippen LogP contribution in [0.2, 0.25) is 0 Å². The molecule has 226 valence electrons. The van der Waals surface area contributed by atoms with Crippen LogP contribution < -0.4 is 10.6 Å². The lowest BCUT2D eigenvalue weighted by Crippen LogP contribution is -2.51. The van der Waals surface area contributed by atoms with Gasteiger partial charge in [0, 0.05) is 40.7 Å². The summed E-state index contributed by atoms with van der Waals surface area (Å²) in [6, 6.07) is 8.95. The van der Waals surface area contributed by atoms with Crippen molar-refractivity contribution >= 4 is 40.5 Å². The van der Waals surface area contributed by atoms with Crippen LogP contribution in [0.5, 0.6) is 0 Å². The third kappa shape index (κ3) is 8.22. The average molecular weight is 603 g/mol. The Balaban J connectivity index is 1.47. The number of aliphatic carboxylic acids is 1. The minimum atomic E-state index is -1.16. The number of hydrogen-bond acceptors (Lipinski definition) is 7. The van der Waals surface area contributed by atoms with Gasteiger partial charge in [0.1, 0.15) is 17.9 Å². The molecule has 4 rings (SSSR count). The van der Waals surface area contributed by atoms with Crippen LogP contribution in [0.1, 0.15) is 79.6 Å². The minimum Gasteiger partial charge on any atom is -0.480 e. The van der Waals surface area contributed by atoms with Crippen LogP contribution in [-0.4, -0.2) is 50.7 Å². The molecule has 1 aliphatic rings. The highest BCUT2D eigenvalue weighted by Gasteiger charge is 2.27. The van der Waals surface area contributed by atoms with E-state index in [1.54, 1.807) is 25.4 Å². The van der Waals surface area contributed by atoms with Crippen molar-refractivity contribution < 1.29 is 24.3 Å². The van der Waals surface area contributed by atoms with Gasteiger partial charge in [0.05, 0.1) is 4.88 Å². The number of amides is 2. The van der Waals surface area contributed by atoms with Crippen molar-refractivity contribution in [1.29, 1.82) is 0 Å². The van der Waals surface area contributed by atoms with Crippen LogP contribution >= 0.6 is 11.3 Å². The predicted octanol–water partition coefficient (Wildman–Crippen LogP) is 5.21. The van der Waals surface area contributed by atoms with Crippen molar-refractivity contribution in [2.24, 2.45) is 5.92 Å². The van der Waals surface area contributed by atoms with Gasteiger partial charge in [-0.25, -0.2) is 9.97 Å². The molecule has 3 aromatic rings. The van der Waals surface area contributed by atoms with Gasteiger partial charge in [-0.15, -0.1) is 11.3 Å². The molecule has 3 atom stereocenters. The molecule has 1 unspecified atom stereocenters. The summed E-state index contributed by atoms with van der Waals surface area (Å²) in [6.45, 7) is 9.21. The number of aromatic nitrogens is 2. The number of rotatable bonds is 10. The van der Waals surface area contributed by atoms with Gasteiger partial charge in [-0.3, -0.25) is 19.2 Å². The second-order valence-corrected chi connectivity index (χ2v) is 13.1. The third-order valence-electron chi connectivity index (χ3n) is 7.58. The quantitative estimate of drug-likeness (QED) is 0.290. The molecule has 9 nitrogen and oxygen atoms in total. The summed E-state index contributed by atoms with van der Waals surface area (Å²) in [5.41, 5.74) is 3.55. The smallest absolute Gasteiger partial charge is 0.325 e. The molecule has 1 aromatic carbocycles. The van der Waals surface area contributed by atoms with E-state index in [4.69, 9.17) is 0 Å². The number of carboxylic acids is 1. The first-order valence-electron chi connectivity index (χ1n) is 14.4. The van der Waals surface area contributed by atoms with Crippen molar-refractivity contribution in [3.05, 3.63) is 75.7 Å². The van der Waals surface area contributed by atoms with E-state index in [9.17, 15) is 24.3 Å². The molecular weight excluding hydrogens is 564 g/mol. The summed E-state index contributed by atoms with van der Waals surface area (Å²) in [6.07, 6.45) is 8.27. The maximum Gasteiger partial charge on any atom is 0.325 e. The zero-order valence-electron chi connectivity index (χ0n) is 25.1. The fourth-order valence-corrected chi connectivity index (χ4v) is 5.78. The van der Waals surface area contributed by atoms with Gasteiger partial charge in [0.2, 0.25) is 5.91 Å². The second-order valence-electron chi connectivity index (χ2n) is 12.0. The summed E-state index contributed by atoms with van der Waals surface area (Å²) >= 11 is 1.37. The lowest BCUT2D eigenvalue weighted by atomic mass is 9.85. The second kappa shape index (κ2) is 13.4. The number of carbonyl (C=O) groups excluding carboxylic acids is 3. The van der Waals surface area contributed by atoms with E-state index in [-0.39, 0.29) is 23.5 Å². The van der Waals surface area contributed by atoms with E-state index in [0.29, 0.717) is 10.7 Å². The van der Waals surface area contributed by atoms with Crippen LogP contribution in [0.15, 0.2) is 54.9 Å². The molecule has 0 radical (unpaired) electrons. The van der Waals surface area contributed by atoms with Gasteiger partial charge >= 0.3 is 5.97 Å². The molecule has 0 fully saturated rings. The predicted molar refractivity (Wildman–Crippen MR) is 167 cm³/mol. The van der Waals surface area contributed by atoms with Crippen LogP contribution in [-0.2, 0) is 26.2 Å². The first kappa shape index (κ1) is 31.7. The van der Waals surface area contributed by atoms with Crippen LogP contribution in [0.4, 0.5) is 0 Å². The summed E-state index contributed by atoms with van der Waals surface area (Å²) in [5.74, 6) is -1.25. The molecule has 2 aromatic heterocycles. The lowest BCUT2D eigenvalue weighted by molar-refractivity contribution is -0.141. The van der Waals surface area contributed by atoms with Crippen molar-refractivity contribution in [2.45, 2.75) is 77.8 Å². The maximum absolute atomic E-state index is 13.1. The number of thiophene rings is 1. The fourth-order valence-electron chi connectivity index (χ4n) is 4.81. The summed E-state index contributed by atoms with van der Waals surface area (Å²) in [5, 5.41) is 14.5. The van der Waals surface area contributed by atoms with Gasteiger partial charge in [0.15, 0.2) is 5.82 Å². The number of benzene rings is 1. The summed E-state index contributed by atoms with van der Waals surface area (Å²) in [7, 11) is 0. The van der Waals surface area contributed by atoms with Gasteiger partial charge in [-0.2, -0.15) is 0 Å². The number of hydrogen-bond donors (Lipinski definition) is 3. The number of carbonyl (C=O) groups is 4. The van der Waals surface area contributed by atoms with Gasteiger partial charge in [0.25, 0.3) is 5.91 Å². The van der Waals surface area contributed by atoms with E-state index < -0.39 is 29.9 Å². The zero-order valence-corrected chi connectivity index (χ0v) is 26.0. The SMILES string of the molecule is CC(=O)C1CC=C(c2cnc(-c3ccc(C[C@H](NC(=O)c4ccc(C(C)(C)C)s4)C(=O)N[C@H](C)C(=O)O)cc3)nc2)CC1. The highest BCUT2D eigenvalue weighted by atomic mass is 32.1. The Bertz CT molecular complexity index is 1520. The number of carboxylic acid groups (broad SMARTS) is 1. The molecule has 0 saturated heterocycles. The molecule has 1 aliphatic carbocycles. The molecule has 0 saturated carbocycles. The Kier molecular flexibility index (Phi) is 9.91. The number of allylic oxidation sites excluding steroid dienone is 2. The summed E-state index contributed by atoms with van der Waals surface area (Å²) < 4.78 is 0. The van der Waals surface area contributed by atoms with E-state index >= 15 is 0 Å². The Morgan fingerprint density at radius 1 is 1.00 bits per heavy atom. The zero-order chi connectivity index (χ0) is 31.3. The van der Waals surface area contributed by atoms with Gasteiger partial charge in [-0.05, 0) is 61.8 Å². The van der Waals surface area contributed by atoms with E-state index in [2.05, 4.69) is 47.4 Å². The van der Waals surface area contributed by atoms with Crippen LogP contribution in [0.25, 0.3) is 17.0 Å². The number of Topliss-reactive ketones (excluding diaryl/α,β-unsaturated/α-hetero) is 1. The highest BCUT2D eigenvalue weighted by molar-refractivity contribution is 7.14. The highest BCUT2D eigenvalue weighted by Crippen LogP contribution is 2.31. The third-order valence-corrected chi connectivity index (χ3v) is 9.09. The molecule has 2 amide bonds. The van der Waals surface area contributed by atoms with Crippen molar-refractivity contribution in [1.82, 2.24) is 20.6 Å². The first-order valence-corrected chi connectivity index (χ1v) is 15.2. The minimum absolute atomic E-state index is 0.0963. The standard InChI is InChI=1S/C33H38N4O5S/c1-19(32(41)42)36-30(39)26(37-31(40)27-14-15-28(43-27)33(3,4)5)16-21-6-8-24(9-7-21)29-34-17-25(18-35-29)23-12-10-22(11-13-23)20(2)38/h6-9,12,14-15,17-19,22,26H,10-11,13,16H2,1-5H3,(H,36,39)(H,37,40)(H,41,42)/t19-,22?,26+/m1/s1. The molecule has 2 heterocycles. The Labute approximate surface area is 255 Å². The average Bonchev–Trinajstić information content (AvgIpc) is 3.49. The number of ketones is 1. The van der Waals surface area contributed by atoms with Crippen molar-refractivity contribution in [2.75, 3.05) is 0 Å². The monoisotopic (exact) mass is 602 g/mol. The summed E-state index contributed by atoms with van der Waals surface area (Å²) in [4.78, 5) is 59.8. The molecule has 0 spiro atoms. The van der Waals surface area contributed by atoms with E-state index in [0.717, 1.165) is 46.4 Å². The Morgan fingerprint density at radius 2 is 1.67 bits per heavy atom. The normalized spacial score (nSPS) is 16.5. The molecule has 3 N–H and O–H groups in total. The fraction of sp³-hybridized carbons (Fsp3) is 0.394. The maximum atomic E-state index is 13.1. The van der Waals surface area contributed by atoms with Crippen LogP contribution in [0.3, 0.4) is 0 Å². The number of nitrogens with one attached hydrogen (secondary N) is 2. The van der Waals surface area contributed by atoms with Gasteiger partial charge in [-0.1, -0.05) is 51.1 Å². The molecule has 10 heteroatoms. The first-order chi connectivity index (χ1) is 20.3. The number of nitrogens with zero attached hydrogens (tertiary/aromatic N) is 2. The van der Waals surface area contributed by atoms with E-state index in [1.807, 2.05) is 30.3 Å². The molecule has 43 heavy (non-hydrogen) atoms. The topological polar surface area (TPSA) is 138 Å². The van der Waals surface area contributed by atoms with E-state index in [1.165, 1.54) is 18.3 Å². The molecule has 0 aliphatic heterocycles. The Hall–Kier alpha value is -4.18. The van der Waals surface area contributed by atoms with Crippen molar-refractivity contribution in [3.8, 4) is 11.4 Å².